The highest BCUT2D eigenvalue weighted by Crippen LogP contribution is 2.28. The molecule has 0 radical (unpaired) electrons. The third kappa shape index (κ3) is 2.14. The SMILES string of the molecule is CCCC(C)c1c(C)ccc(F)c1C. The minimum absolute atomic E-state index is 0.0754. The van der Waals surface area contributed by atoms with Gasteiger partial charge in [-0.25, -0.2) is 4.39 Å². The lowest BCUT2D eigenvalue weighted by Crippen LogP contribution is -2.01. The van der Waals surface area contributed by atoms with Crippen LogP contribution in [0.25, 0.3) is 0 Å². The molecule has 1 heteroatoms. The van der Waals surface area contributed by atoms with Gasteiger partial charge in [0.15, 0.2) is 0 Å². The lowest BCUT2D eigenvalue weighted by molar-refractivity contribution is 0.599. The molecule has 0 amide bonds. The summed E-state index contributed by atoms with van der Waals surface area (Å²) in [6.45, 7) is 8.29. The van der Waals surface area contributed by atoms with Crippen LogP contribution in [-0.2, 0) is 0 Å². The topological polar surface area (TPSA) is 0 Å². The summed E-state index contributed by atoms with van der Waals surface area (Å²) in [4.78, 5) is 0. The first-order valence-corrected chi connectivity index (χ1v) is 5.33. The van der Waals surface area contributed by atoms with Crippen molar-refractivity contribution in [2.24, 2.45) is 0 Å². The molecule has 1 rings (SSSR count). The third-order valence-corrected chi connectivity index (χ3v) is 2.88. The highest BCUT2D eigenvalue weighted by atomic mass is 19.1. The molecule has 0 aliphatic carbocycles. The molecular weight excluding hydrogens is 175 g/mol. The van der Waals surface area contributed by atoms with Crippen molar-refractivity contribution in [2.45, 2.75) is 46.5 Å². The third-order valence-electron chi connectivity index (χ3n) is 2.88. The lowest BCUT2D eigenvalue weighted by Gasteiger charge is -2.17. The molecule has 0 saturated carbocycles. The number of aryl methyl sites for hydroxylation is 1. The molecule has 0 saturated heterocycles. The molecule has 0 aromatic heterocycles. The number of rotatable bonds is 3. The Morgan fingerprint density at radius 1 is 1.29 bits per heavy atom. The van der Waals surface area contributed by atoms with Crippen molar-refractivity contribution in [2.75, 3.05) is 0 Å². The smallest absolute Gasteiger partial charge is 0.126 e. The van der Waals surface area contributed by atoms with Crippen LogP contribution in [0.4, 0.5) is 4.39 Å². The number of hydrogen-bond donors (Lipinski definition) is 0. The first-order valence-electron chi connectivity index (χ1n) is 5.33. The van der Waals surface area contributed by atoms with Crippen LogP contribution in [0.15, 0.2) is 12.1 Å². The summed E-state index contributed by atoms with van der Waals surface area (Å²) in [6, 6.07) is 3.44. The maximum absolute atomic E-state index is 13.4. The van der Waals surface area contributed by atoms with E-state index in [1.54, 1.807) is 6.07 Å². The zero-order valence-corrected chi connectivity index (χ0v) is 9.52. The summed E-state index contributed by atoms with van der Waals surface area (Å²) >= 11 is 0. The van der Waals surface area contributed by atoms with Crippen LogP contribution >= 0.6 is 0 Å². The summed E-state index contributed by atoms with van der Waals surface area (Å²) in [7, 11) is 0. The van der Waals surface area contributed by atoms with Crippen LogP contribution in [0, 0.1) is 19.7 Å². The fourth-order valence-corrected chi connectivity index (χ4v) is 2.17. The van der Waals surface area contributed by atoms with Gasteiger partial charge < -0.3 is 0 Å². The first kappa shape index (κ1) is 11.2. The molecule has 0 heterocycles. The van der Waals surface area contributed by atoms with Gasteiger partial charge in [-0.05, 0) is 48.9 Å². The van der Waals surface area contributed by atoms with Gasteiger partial charge in [-0.2, -0.15) is 0 Å². The van der Waals surface area contributed by atoms with E-state index in [-0.39, 0.29) is 5.82 Å². The zero-order valence-electron chi connectivity index (χ0n) is 9.52. The van der Waals surface area contributed by atoms with E-state index in [1.165, 1.54) is 11.1 Å². The first-order chi connectivity index (χ1) is 6.57. The van der Waals surface area contributed by atoms with Crippen LogP contribution in [0.3, 0.4) is 0 Å². The predicted molar refractivity (Wildman–Crippen MR) is 59.2 cm³/mol. The standard InChI is InChI=1S/C13H19F/c1-5-6-9(2)13-10(3)7-8-12(14)11(13)4/h7-9H,5-6H2,1-4H3. The molecule has 1 unspecified atom stereocenters. The minimum atomic E-state index is -0.0754. The van der Waals surface area contributed by atoms with Gasteiger partial charge in [-0.3, -0.25) is 0 Å². The van der Waals surface area contributed by atoms with E-state index in [4.69, 9.17) is 0 Å². The van der Waals surface area contributed by atoms with Crippen molar-refractivity contribution in [1.82, 2.24) is 0 Å². The highest BCUT2D eigenvalue weighted by molar-refractivity contribution is 5.37. The Hall–Kier alpha value is -0.850. The van der Waals surface area contributed by atoms with Crippen LogP contribution < -0.4 is 0 Å². The summed E-state index contributed by atoms with van der Waals surface area (Å²) in [5, 5.41) is 0. The highest BCUT2D eigenvalue weighted by Gasteiger charge is 2.13. The van der Waals surface area contributed by atoms with Crippen molar-refractivity contribution in [3.05, 3.63) is 34.6 Å². The van der Waals surface area contributed by atoms with Crippen LogP contribution in [-0.4, -0.2) is 0 Å². The molecule has 0 bridgehead atoms. The Morgan fingerprint density at radius 3 is 2.50 bits per heavy atom. The van der Waals surface area contributed by atoms with Gasteiger partial charge in [0, 0.05) is 0 Å². The molecule has 0 nitrogen and oxygen atoms in total. The van der Waals surface area contributed by atoms with Crippen molar-refractivity contribution in [3.8, 4) is 0 Å². The van der Waals surface area contributed by atoms with E-state index in [2.05, 4.69) is 20.8 Å². The molecule has 14 heavy (non-hydrogen) atoms. The van der Waals surface area contributed by atoms with E-state index < -0.39 is 0 Å². The zero-order chi connectivity index (χ0) is 10.7. The molecule has 1 aromatic carbocycles. The molecule has 78 valence electrons. The summed E-state index contributed by atoms with van der Waals surface area (Å²) in [5.74, 6) is 0.393. The van der Waals surface area contributed by atoms with Crippen molar-refractivity contribution >= 4 is 0 Å². The maximum atomic E-state index is 13.4. The largest absolute Gasteiger partial charge is 0.207 e. The van der Waals surface area contributed by atoms with Gasteiger partial charge in [-0.1, -0.05) is 26.3 Å². The number of halogens is 1. The Labute approximate surface area is 86.2 Å². The molecule has 0 N–H and O–H groups in total. The molecular formula is C13H19F. The van der Waals surface area contributed by atoms with Gasteiger partial charge in [-0.15, -0.1) is 0 Å². The van der Waals surface area contributed by atoms with Gasteiger partial charge in [0.25, 0.3) is 0 Å². The molecule has 0 aliphatic heterocycles. The average molecular weight is 194 g/mol. The number of hydrogen-bond acceptors (Lipinski definition) is 0. The number of benzene rings is 1. The van der Waals surface area contributed by atoms with Crippen LogP contribution in [0.1, 0.15) is 49.3 Å². The van der Waals surface area contributed by atoms with E-state index in [1.807, 2.05) is 13.0 Å². The van der Waals surface area contributed by atoms with Gasteiger partial charge in [0.1, 0.15) is 5.82 Å². The second kappa shape index (κ2) is 4.59. The van der Waals surface area contributed by atoms with E-state index in [0.717, 1.165) is 18.4 Å². The normalized spacial score (nSPS) is 12.9. The Bertz CT molecular complexity index is 315. The predicted octanol–water partition coefficient (Wildman–Crippen LogP) is 4.35. The molecule has 1 atom stereocenters. The fourth-order valence-electron chi connectivity index (χ4n) is 2.17. The lowest BCUT2D eigenvalue weighted by atomic mass is 9.89. The molecule has 0 fully saturated rings. The average Bonchev–Trinajstić information content (AvgIpc) is 2.13. The van der Waals surface area contributed by atoms with E-state index in [0.29, 0.717) is 5.92 Å². The monoisotopic (exact) mass is 194 g/mol. The second-order valence-electron chi connectivity index (χ2n) is 4.09. The second-order valence-corrected chi connectivity index (χ2v) is 4.09. The molecule has 0 spiro atoms. The van der Waals surface area contributed by atoms with Crippen LogP contribution in [0.2, 0.25) is 0 Å². The van der Waals surface area contributed by atoms with E-state index in [9.17, 15) is 4.39 Å². The Morgan fingerprint density at radius 2 is 1.93 bits per heavy atom. The Kier molecular flexibility index (Phi) is 3.68. The summed E-state index contributed by atoms with van der Waals surface area (Å²) in [5.41, 5.74) is 3.24. The minimum Gasteiger partial charge on any atom is -0.207 e. The Balaban J connectivity index is 3.11. The van der Waals surface area contributed by atoms with Gasteiger partial charge in [0.05, 0.1) is 0 Å². The van der Waals surface area contributed by atoms with Gasteiger partial charge in [0.2, 0.25) is 0 Å². The van der Waals surface area contributed by atoms with Crippen molar-refractivity contribution in [3.63, 3.8) is 0 Å². The summed E-state index contributed by atoms with van der Waals surface area (Å²) < 4.78 is 13.4. The summed E-state index contributed by atoms with van der Waals surface area (Å²) in [6.07, 6.45) is 2.28. The molecule has 0 aliphatic rings. The maximum Gasteiger partial charge on any atom is 0.126 e. The van der Waals surface area contributed by atoms with E-state index >= 15 is 0 Å². The molecule has 1 aromatic rings. The van der Waals surface area contributed by atoms with Gasteiger partial charge >= 0.3 is 0 Å². The van der Waals surface area contributed by atoms with Crippen molar-refractivity contribution in [1.29, 1.82) is 0 Å². The van der Waals surface area contributed by atoms with Crippen LogP contribution in [0.5, 0.6) is 0 Å². The fraction of sp³-hybridized carbons (Fsp3) is 0.538. The quantitative estimate of drug-likeness (QED) is 0.671. The van der Waals surface area contributed by atoms with Crippen molar-refractivity contribution < 1.29 is 4.39 Å².